The average Bonchev–Trinajstić information content (AvgIpc) is 3.43. The number of halogens is 1. The highest BCUT2D eigenvalue weighted by Gasteiger charge is 2.25. The number of benzene rings is 1. The van der Waals surface area contributed by atoms with E-state index in [4.69, 9.17) is 0 Å². The molecule has 0 unspecified atom stereocenters. The number of likely N-dealkylation sites (tertiary alicyclic amines) is 1. The number of hydrogen-bond acceptors (Lipinski definition) is 2. The Morgan fingerprint density at radius 1 is 1.00 bits per heavy atom. The molecule has 5 rings (SSSR count). The predicted molar refractivity (Wildman–Crippen MR) is 117 cm³/mol. The molecule has 2 fully saturated rings. The van der Waals surface area contributed by atoms with Crippen LogP contribution in [0.4, 0.5) is 4.39 Å². The zero-order valence-corrected chi connectivity index (χ0v) is 17.5. The summed E-state index contributed by atoms with van der Waals surface area (Å²) in [6, 6.07) is 10.6. The molecule has 0 atom stereocenters. The van der Waals surface area contributed by atoms with Gasteiger partial charge in [-0.2, -0.15) is 0 Å². The second kappa shape index (κ2) is 7.64. The molecule has 3 heterocycles. The summed E-state index contributed by atoms with van der Waals surface area (Å²) >= 11 is 1.89. The maximum atomic E-state index is 15.0. The molecule has 1 aliphatic carbocycles. The van der Waals surface area contributed by atoms with Crippen LogP contribution in [0.15, 0.2) is 30.3 Å². The number of para-hydroxylation sites is 1. The van der Waals surface area contributed by atoms with Crippen molar-refractivity contribution in [2.75, 3.05) is 13.1 Å². The van der Waals surface area contributed by atoms with Crippen molar-refractivity contribution in [2.24, 2.45) is 0 Å². The Labute approximate surface area is 171 Å². The molecule has 0 N–H and O–H groups in total. The third-order valence-electron chi connectivity index (χ3n) is 6.65. The first kappa shape index (κ1) is 18.4. The van der Waals surface area contributed by atoms with E-state index in [0.717, 1.165) is 17.4 Å². The molecule has 3 aromatic rings. The fourth-order valence-electron chi connectivity index (χ4n) is 5.31. The Morgan fingerprint density at radius 2 is 1.79 bits per heavy atom. The van der Waals surface area contributed by atoms with E-state index >= 15 is 0 Å². The van der Waals surface area contributed by atoms with E-state index in [-0.39, 0.29) is 5.82 Å². The van der Waals surface area contributed by atoms with Gasteiger partial charge in [-0.3, -0.25) is 4.90 Å². The van der Waals surface area contributed by atoms with Gasteiger partial charge in [0, 0.05) is 39.0 Å². The van der Waals surface area contributed by atoms with E-state index in [1.54, 1.807) is 6.07 Å². The number of fused-ring (bicyclic) bond motifs is 1. The predicted octanol–water partition coefficient (Wildman–Crippen LogP) is 6.92. The highest BCUT2D eigenvalue weighted by atomic mass is 32.1. The molecule has 1 saturated heterocycles. The Hall–Kier alpha value is -1.65. The van der Waals surface area contributed by atoms with Crippen molar-refractivity contribution in [1.82, 2.24) is 9.47 Å². The van der Waals surface area contributed by atoms with Gasteiger partial charge in [-0.15, -0.1) is 11.3 Å². The smallest absolute Gasteiger partial charge is 0.147 e. The normalized spacial score (nSPS) is 19.1. The molecule has 0 spiro atoms. The minimum Gasteiger partial charge on any atom is -0.339 e. The lowest BCUT2D eigenvalue weighted by molar-refractivity contribution is 0.334. The average molecular weight is 397 g/mol. The standard InChI is InChI=1S/C24H29FN2S/c1-17-23(22-13-12-19(28-22)16-26-14-5-6-15-26)20-10-7-11-21(25)24(20)27(17)18-8-3-2-4-9-18/h7,10-13,18H,2-6,8-9,14-16H2,1H3. The molecular formula is C24H29FN2S. The fourth-order valence-corrected chi connectivity index (χ4v) is 6.47. The Balaban J connectivity index is 1.58. The van der Waals surface area contributed by atoms with Gasteiger partial charge in [-0.05, 0) is 63.9 Å². The van der Waals surface area contributed by atoms with Gasteiger partial charge < -0.3 is 4.57 Å². The van der Waals surface area contributed by atoms with E-state index in [0.29, 0.717) is 6.04 Å². The Morgan fingerprint density at radius 3 is 2.57 bits per heavy atom. The SMILES string of the molecule is Cc1c(-c2ccc(CN3CCCC3)s2)c2cccc(F)c2n1C1CCCCC1. The molecule has 28 heavy (non-hydrogen) atoms. The summed E-state index contributed by atoms with van der Waals surface area (Å²) in [6.45, 7) is 5.69. The van der Waals surface area contributed by atoms with Crippen LogP contribution < -0.4 is 0 Å². The first-order valence-corrected chi connectivity index (χ1v) is 11.6. The van der Waals surface area contributed by atoms with Gasteiger partial charge in [0.1, 0.15) is 5.82 Å². The fraction of sp³-hybridized carbons (Fsp3) is 0.500. The lowest BCUT2D eigenvalue weighted by Crippen LogP contribution is -2.17. The van der Waals surface area contributed by atoms with Crippen LogP contribution in [-0.2, 0) is 6.54 Å². The number of aromatic nitrogens is 1. The Kier molecular flexibility index (Phi) is 5.02. The molecule has 1 saturated carbocycles. The van der Waals surface area contributed by atoms with Gasteiger partial charge in [0.2, 0.25) is 0 Å². The molecule has 2 aromatic heterocycles. The molecule has 0 amide bonds. The van der Waals surface area contributed by atoms with Gasteiger partial charge in [-0.1, -0.05) is 31.4 Å². The van der Waals surface area contributed by atoms with Crippen molar-refractivity contribution in [1.29, 1.82) is 0 Å². The van der Waals surface area contributed by atoms with Crippen molar-refractivity contribution in [3.8, 4) is 10.4 Å². The number of thiophene rings is 1. The topological polar surface area (TPSA) is 8.17 Å². The van der Waals surface area contributed by atoms with Crippen molar-refractivity contribution in [3.05, 3.63) is 46.7 Å². The lowest BCUT2D eigenvalue weighted by atomic mass is 9.95. The Bertz CT molecular complexity index is 974. The van der Waals surface area contributed by atoms with Crippen molar-refractivity contribution < 1.29 is 4.39 Å². The third-order valence-corrected chi connectivity index (χ3v) is 7.73. The molecule has 1 aromatic carbocycles. The summed E-state index contributed by atoms with van der Waals surface area (Å²) in [6.07, 6.45) is 8.82. The highest BCUT2D eigenvalue weighted by molar-refractivity contribution is 7.15. The van der Waals surface area contributed by atoms with Gasteiger partial charge in [0.05, 0.1) is 5.52 Å². The molecule has 2 nitrogen and oxygen atoms in total. The first-order chi connectivity index (χ1) is 13.7. The molecule has 1 aliphatic heterocycles. The van der Waals surface area contributed by atoms with Crippen LogP contribution in [-0.4, -0.2) is 22.6 Å². The van der Waals surface area contributed by atoms with Crippen LogP contribution in [0.3, 0.4) is 0 Å². The summed E-state index contributed by atoms with van der Waals surface area (Å²) in [7, 11) is 0. The summed E-state index contributed by atoms with van der Waals surface area (Å²) in [4.78, 5) is 5.26. The molecule has 0 radical (unpaired) electrons. The molecule has 2 aliphatic rings. The van der Waals surface area contributed by atoms with E-state index in [9.17, 15) is 4.39 Å². The first-order valence-electron chi connectivity index (χ1n) is 10.8. The zero-order chi connectivity index (χ0) is 19.1. The summed E-state index contributed by atoms with van der Waals surface area (Å²) in [5, 5.41) is 1.08. The van der Waals surface area contributed by atoms with Crippen LogP contribution in [0.5, 0.6) is 0 Å². The molecule has 0 bridgehead atoms. The maximum Gasteiger partial charge on any atom is 0.147 e. The van der Waals surface area contributed by atoms with Crippen molar-refractivity contribution in [3.63, 3.8) is 0 Å². The van der Waals surface area contributed by atoms with E-state index in [1.165, 1.54) is 79.0 Å². The summed E-state index contributed by atoms with van der Waals surface area (Å²) in [5.41, 5.74) is 3.30. The van der Waals surface area contributed by atoms with Gasteiger partial charge in [0.25, 0.3) is 0 Å². The summed E-state index contributed by atoms with van der Waals surface area (Å²) in [5.74, 6) is -0.0775. The third kappa shape index (κ3) is 3.21. The number of nitrogens with zero attached hydrogens (tertiary/aromatic N) is 2. The minimum atomic E-state index is -0.0775. The van der Waals surface area contributed by atoms with E-state index < -0.39 is 0 Å². The van der Waals surface area contributed by atoms with Gasteiger partial charge in [-0.25, -0.2) is 4.39 Å². The number of hydrogen-bond donors (Lipinski definition) is 0. The minimum absolute atomic E-state index is 0.0775. The van der Waals surface area contributed by atoms with Crippen LogP contribution >= 0.6 is 11.3 Å². The molecule has 148 valence electrons. The van der Waals surface area contributed by atoms with Crippen LogP contribution in [0.1, 0.15) is 61.6 Å². The lowest BCUT2D eigenvalue weighted by Gasteiger charge is -2.26. The van der Waals surface area contributed by atoms with E-state index in [2.05, 4.69) is 34.6 Å². The van der Waals surface area contributed by atoms with E-state index in [1.807, 2.05) is 17.4 Å². The molecular weight excluding hydrogens is 367 g/mol. The highest BCUT2D eigenvalue weighted by Crippen LogP contribution is 2.43. The van der Waals surface area contributed by atoms with Gasteiger partial charge >= 0.3 is 0 Å². The zero-order valence-electron chi connectivity index (χ0n) is 16.7. The maximum absolute atomic E-state index is 15.0. The largest absolute Gasteiger partial charge is 0.339 e. The van der Waals surface area contributed by atoms with Crippen molar-refractivity contribution >= 4 is 22.2 Å². The van der Waals surface area contributed by atoms with Crippen LogP contribution in [0.2, 0.25) is 0 Å². The second-order valence-corrected chi connectivity index (χ2v) is 9.68. The van der Waals surface area contributed by atoms with Crippen LogP contribution in [0.25, 0.3) is 21.3 Å². The van der Waals surface area contributed by atoms with Crippen LogP contribution in [0, 0.1) is 12.7 Å². The number of rotatable bonds is 4. The summed E-state index contributed by atoms with van der Waals surface area (Å²) < 4.78 is 17.3. The van der Waals surface area contributed by atoms with Crippen molar-refractivity contribution in [2.45, 2.75) is 64.5 Å². The quantitative estimate of drug-likeness (QED) is 0.465. The molecule has 4 heteroatoms. The second-order valence-electron chi connectivity index (χ2n) is 8.51. The van der Waals surface area contributed by atoms with Gasteiger partial charge in [0.15, 0.2) is 0 Å². The monoisotopic (exact) mass is 396 g/mol.